The summed E-state index contributed by atoms with van der Waals surface area (Å²) in [6.07, 6.45) is 0.283. The first kappa shape index (κ1) is 21.0. The fraction of sp³-hybridized carbons (Fsp3) is 0.292. The van der Waals surface area contributed by atoms with Crippen LogP contribution in [0.5, 0.6) is 0 Å². The monoisotopic (exact) mass is 433 g/mol. The summed E-state index contributed by atoms with van der Waals surface area (Å²) in [4.78, 5) is 28.6. The number of carbonyl (C=O) groups is 2. The molecule has 1 atom stereocenters. The van der Waals surface area contributed by atoms with Crippen molar-refractivity contribution in [1.29, 1.82) is 5.26 Å². The molecule has 7 heteroatoms. The zero-order valence-corrected chi connectivity index (χ0v) is 18.3. The predicted molar refractivity (Wildman–Crippen MR) is 120 cm³/mol. The number of thioether (sulfide) groups is 1. The minimum Gasteiger partial charge on any atom is -0.462 e. The van der Waals surface area contributed by atoms with Crippen LogP contribution in [-0.4, -0.2) is 35.9 Å². The van der Waals surface area contributed by atoms with Crippen molar-refractivity contribution < 1.29 is 14.3 Å². The molecular weight excluding hydrogens is 410 g/mol. The lowest BCUT2D eigenvalue weighted by Crippen LogP contribution is -2.47. The Morgan fingerprint density at radius 2 is 1.90 bits per heavy atom. The standard InChI is InChI=1S/C24H23N3O3S/c1-3-30-24(29)18-8-10-19(11-9-18)26-14-27-22(28)12-20(17-6-4-16(2)5-7-17)21(13-25)23(27)31-15-26/h4-11,20H,3,12,14-15H2,1-2H3. The number of ether oxygens (including phenoxy) is 1. The van der Waals surface area contributed by atoms with Crippen LogP contribution >= 0.6 is 11.8 Å². The van der Waals surface area contributed by atoms with Crippen molar-refractivity contribution in [3.05, 3.63) is 75.8 Å². The van der Waals surface area contributed by atoms with Crippen molar-refractivity contribution in [3.8, 4) is 6.07 Å². The molecule has 2 aromatic carbocycles. The molecule has 1 amide bonds. The Bertz CT molecular complexity index is 1070. The summed E-state index contributed by atoms with van der Waals surface area (Å²) < 4.78 is 5.03. The Morgan fingerprint density at radius 3 is 2.55 bits per heavy atom. The van der Waals surface area contributed by atoms with Crippen molar-refractivity contribution in [2.45, 2.75) is 26.2 Å². The number of fused-ring (bicyclic) bond motifs is 1. The molecule has 0 N–H and O–H groups in total. The predicted octanol–water partition coefficient (Wildman–Crippen LogP) is 4.39. The van der Waals surface area contributed by atoms with Gasteiger partial charge in [-0.15, -0.1) is 0 Å². The van der Waals surface area contributed by atoms with Gasteiger partial charge in [0.2, 0.25) is 5.91 Å². The van der Waals surface area contributed by atoms with Crippen molar-refractivity contribution in [3.63, 3.8) is 0 Å². The normalized spacial score (nSPS) is 18.5. The van der Waals surface area contributed by atoms with E-state index in [9.17, 15) is 14.9 Å². The molecule has 4 rings (SSSR count). The number of hydrogen-bond acceptors (Lipinski definition) is 6. The summed E-state index contributed by atoms with van der Waals surface area (Å²) in [5, 5.41) is 10.6. The minimum absolute atomic E-state index is 0.0138. The minimum atomic E-state index is -0.348. The molecule has 2 aliphatic heterocycles. The van der Waals surface area contributed by atoms with Gasteiger partial charge in [0.15, 0.2) is 0 Å². The Kier molecular flexibility index (Phi) is 6.01. The topological polar surface area (TPSA) is 73.6 Å². The number of hydrogen-bond donors (Lipinski definition) is 0. The number of amides is 1. The van der Waals surface area contributed by atoms with Crippen molar-refractivity contribution in [1.82, 2.24) is 4.90 Å². The summed E-state index contributed by atoms with van der Waals surface area (Å²) in [5.74, 6) is 0.0791. The molecule has 158 valence electrons. The van der Waals surface area contributed by atoms with Gasteiger partial charge in [-0.2, -0.15) is 5.26 Å². The van der Waals surface area contributed by atoms with Gasteiger partial charge in [-0.05, 0) is 43.7 Å². The number of allylic oxidation sites excluding steroid dienone is 1. The lowest BCUT2D eigenvalue weighted by atomic mass is 9.86. The third-order valence-corrected chi connectivity index (χ3v) is 6.67. The second kappa shape index (κ2) is 8.86. The molecule has 2 heterocycles. The van der Waals surface area contributed by atoms with E-state index in [2.05, 4.69) is 11.0 Å². The molecule has 0 spiro atoms. The third-order valence-electron chi connectivity index (χ3n) is 5.52. The molecule has 6 nitrogen and oxygen atoms in total. The maximum atomic E-state index is 13.0. The van der Waals surface area contributed by atoms with Crippen LogP contribution in [0.4, 0.5) is 5.69 Å². The first-order valence-electron chi connectivity index (χ1n) is 10.2. The summed E-state index contributed by atoms with van der Waals surface area (Å²) in [7, 11) is 0. The fourth-order valence-electron chi connectivity index (χ4n) is 3.83. The van der Waals surface area contributed by atoms with E-state index >= 15 is 0 Å². The fourth-order valence-corrected chi connectivity index (χ4v) is 5.00. The van der Waals surface area contributed by atoms with Gasteiger partial charge in [0.05, 0.1) is 41.4 Å². The molecule has 1 saturated heterocycles. The van der Waals surface area contributed by atoms with Crippen molar-refractivity contribution in [2.75, 3.05) is 24.1 Å². The number of nitrogens with zero attached hydrogens (tertiary/aromatic N) is 3. The molecule has 0 saturated carbocycles. The smallest absolute Gasteiger partial charge is 0.338 e. The lowest BCUT2D eigenvalue weighted by molar-refractivity contribution is -0.129. The highest BCUT2D eigenvalue weighted by molar-refractivity contribution is 8.03. The van der Waals surface area contributed by atoms with Crippen LogP contribution in [0.2, 0.25) is 0 Å². The Hall–Kier alpha value is -3.24. The molecule has 31 heavy (non-hydrogen) atoms. The Morgan fingerprint density at radius 1 is 1.19 bits per heavy atom. The lowest BCUT2D eigenvalue weighted by Gasteiger charge is -2.42. The van der Waals surface area contributed by atoms with E-state index in [-0.39, 0.29) is 24.2 Å². The average molecular weight is 434 g/mol. The van der Waals surface area contributed by atoms with Crippen LogP contribution in [0.3, 0.4) is 0 Å². The maximum absolute atomic E-state index is 13.0. The highest BCUT2D eigenvalue weighted by atomic mass is 32.2. The van der Waals surface area contributed by atoms with E-state index in [0.29, 0.717) is 30.3 Å². The highest BCUT2D eigenvalue weighted by Gasteiger charge is 2.38. The number of aryl methyl sites for hydroxylation is 1. The largest absolute Gasteiger partial charge is 0.462 e. The first-order valence-corrected chi connectivity index (χ1v) is 11.2. The summed E-state index contributed by atoms with van der Waals surface area (Å²) in [6, 6.07) is 17.6. The summed E-state index contributed by atoms with van der Waals surface area (Å²) >= 11 is 1.50. The number of rotatable bonds is 4. The van der Waals surface area contributed by atoms with E-state index in [0.717, 1.165) is 21.8 Å². The zero-order valence-electron chi connectivity index (χ0n) is 17.5. The van der Waals surface area contributed by atoms with E-state index < -0.39 is 0 Å². The Balaban J connectivity index is 1.57. The Labute approximate surface area is 186 Å². The van der Waals surface area contributed by atoms with E-state index in [1.165, 1.54) is 11.8 Å². The van der Waals surface area contributed by atoms with E-state index in [1.54, 1.807) is 24.0 Å². The molecule has 1 unspecified atom stereocenters. The zero-order chi connectivity index (χ0) is 22.0. The number of benzene rings is 2. The van der Waals surface area contributed by atoms with Gasteiger partial charge < -0.3 is 9.64 Å². The molecule has 1 fully saturated rings. The molecule has 0 aliphatic carbocycles. The van der Waals surface area contributed by atoms with E-state index in [4.69, 9.17) is 4.74 Å². The molecule has 0 bridgehead atoms. The van der Waals surface area contributed by atoms with Crippen LogP contribution in [0.25, 0.3) is 0 Å². The summed E-state index contributed by atoms with van der Waals surface area (Å²) in [5.41, 5.74) is 4.21. The van der Waals surface area contributed by atoms with Gasteiger partial charge in [0, 0.05) is 18.0 Å². The van der Waals surface area contributed by atoms with Gasteiger partial charge in [-0.1, -0.05) is 41.6 Å². The van der Waals surface area contributed by atoms with Gasteiger partial charge in [0.25, 0.3) is 0 Å². The van der Waals surface area contributed by atoms with Crippen LogP contribution in [-0.2, 0) is 9.53 Å². The van der Waals surface area contributed by atoms with Gasteiger partial charge >= 0.3 is 5.97 Å². The third kappa shape index (κ3) is 4.17. The second-order valence-electron chi connectivity index (χ2n) is 7.54. The molecule has 0 radical (unpaired) electrons. The maximum Gasteiger partial charge on any atom is 0.338 e. The summed E-state index contributed by atoms with van der Waals surface area (Å²) in [6.45, 7) is 4.51. The number of esters is 1. The van der Waals surface area contributed by atoms with Gasteiger partial charge in [-0.25, -0.2) is 4.79 Å². The van der Waals surface area contributed by atoms with Crippen LogP contribution in [0.1, 0.15) is 40.7 Å². The second-order valence-corrected chi connectivity index (χ2v) is 8.48. The van der Waals surface area contributed by atoms with Gasteiger partial charge in [0.1, 0.15) is 0 Å². The van der Waals surface area contributed by atoms with Crippen LogP contribution in [0, 0.1) is 18.3 Å². The first-order chi connectivity index (χ1) is 15.0. The number of anilines is 1. The molecular formula is C24H23N3O3S. The van der Waals surface area contributed by atoms with Crippen molar-refractivity contribution in [2.24, 2.45) is 0 Å². The molecule has 2 aliphatic rings. The molecule has 2 aromatic rings. The van der Waals surface area contributed by atoms with Gasteiger partial charge in [-0.3, -0.25) is 9.69 Å². The number of carbonyl (C=O) groups excluding carboxylic acids is 2. The van der Waals surface area contributed by atoms with E-state index in [1.807, 2.05) is 43.3 Å². The SMILES string of the molecule is CCOC(=O)c1ccc(N2CSC3=C(C#N)C(c4ccc(C)cc4)CC(=O)N3C2)cc1. The van der Waals surface area contributed by atoms with Crippen LogP contribution < -0.4 is 4.90 Å². The van der Waals surface area contributed by atoms with Crippen molar-refractivity contribution >= 4 is 29.3 Å². The highest BCUT2D eigenvalue weighted by Crippen LogP contribution is 2.43. The quantitative estimate of drug-likeness (QED) is 0.666. The van der Waals surface area contributed by atoms with Crippen LogP contribution in [0.15, 0.2) is 59.1 Å². The molecule has 0 aromatic heterocycles. The average Bonchev–Trinajstić information content (AvgIpc) is 2.79. The number of nitriles is 1.